The first-order valence-electron chi connectivity index (χ1n) is 10.2. The lowest BCUT2D eigenvalue weighted by atomic mass is 10.1. The number of halogens is 2. The van der Waals surface area contributed by atoms with Gasteiger partial charge in [0.05, 0.1) is 38.8 Å². The Kier molecular flexibility index (Phi) is 4.30. The molecule has 0 aliphatic carbocycles. The number of aromatic amines is 1. The molecule has 154 valence electrons. The minimum atomic E-state index is 0.244. The predicted octanol–water partition coefficient (Wildman–Crippen LogP) is 7.18. The van der Waals surface area contributed by atoms with Crippen molar-refractivity contribution in [3.05, 3.63) is 94.5 Å². The normalized spacial score (nSPS) is 12.4. The van der Waals surface area contributed by atoms with Crippen LogP contribution in [0.1, 0.15) is 22.8 Å². The molecule has 0 saturated carbocycles. The zero-order chi connectivity index (χ0) is 21.7. The van der Waals surface area contributed by atoms with E-state index in [1.165, 1.54) is 0 Å². The largest absolute Gasteiger partial charge is 0.355 e. The molecule has 8 bridgehead atoms. The highest BCUT2D eigenvalue weighted by molar-refractivity contribution is 6.38. The van der Waals surface area contributed by atoms with Gasteiger partial charge in [-0.05, 0) is 66.3 Å². The van der Waals surface area contributed by atoms with Crippen molar-refractivity contribution in [3.63, 3.8) is 0 Å². The predicted molar refractivity (Wildman–Crippen MR) is 129 cm³/mol. The Bertz CT molecular complexity index is 1590. The van der Waals surface area contributed by atoms with Crippen LogP contribution in [-0.2, 0) is 0 Å². The van der Waals surface area contributed by atoms with Crippen LogP contribution in [0.4, 0.5) is 4.48 Å². The van der Waals surface area contributed by atoms with Gasteiger partial charge >= 0.3 is 0 Å². The van der Waals surface area contributed by atoms with Crippen molar-refractivity contribution in [1.82, 2.24) is 19.7 Å². The summed E-state index contributed by atoms with van der Waals surface area (Å²) in [6.07, 6.45) is 7.51. The van der Waals surface area contributed by atoms with Gasteiger partial charge in [0.15, 0.2) is 0 Å². The van der Waals surface area contributed by atoms with E-state index >= 15 is 4.48 Å². The topological polar surface area (TPSA) is 46.5 Å². The van der Waals surface area contributed by atoms with Crippen LogP contribution in [0.3, 0.4) is 0 Å². The maximum atomic E-state index is 15.7. The van der Waals surface area contributed by atoms with Gasteiger partial charge in [-0.25, -0.2) is 9.97 Å². The van der Waals surface area contributed by atoms with Crippen LogP contribution >= 0.6 is 11.6 Å². The van der Waals surface area contributed by atoms with Gasteiger partial charge in [-0.3, -0.25) is 0 Å². The van der Waals surface area contributed by atoms with E-state index in [0.29, 0.717) is 32.3 Å². The van der Waals surface area contributed by atoms with E-state index in [2.05, 4.69) is 15.0 Å². The molecular weight excluding hydrogens is 423 g/mol. The first-order valence-corrected chi connectivity index (χ1v) is 10.5. The third kappa shape index (κ3) is 3.24. The monoisotopic (exact) mass is 438 g/mol. The number of fused-ring (bicyclic) bond motifs is 8. The first-order chi connectivity index (χ1) is 15.6. The van der Waals surface area contributed by atoms with Gasteiger partial charge in [-0.1, -0.05) is 46.4 Å². The van der Waals surface area contributed by atoms with Crippen molar-refractivity contribution in [2.24, 2.45) is 0 Å². The van der Waals surface area contributed by atoms with Crippen LogP contribution in [0.5, 0.6) is 0 Å². The van der Waals surface area contributed by atoms with E-state index in [1.807, 2.05) is 78.9 Å². The van der Waals surface area contributed by atoms with Crippen molar-refractivity contribution < 1.29 is 4.48 Å². The fraction of sp³-hybridized carbons (Fsp3) is 0. The summed E-state index contributed by atoms with van der Waals surface area (Å²) in [6, 6.07) is 20.8. The van der Waals surface area contributed by atoms with Crippen LogP contribution in [0, 0.1) is 0 Å². The van der Waals surface area contributed by atoms with Gasteiger partial charge in [0.25, 0.3) is 0 Å². The number of nitrogens with one attached hydrogen (secondary N) is 1. The molecule has 4 nitrogen and oxygen atoms in total. The minimum absolute atomic E-state index is 0.244. The highest BCUT2D eigenvalue weighted by Crippen LogP contribution is 2.38. The van der Waals surface area contributed by atoms with Gasteiger partial charge in [-0.2, -0.15) is 4.79 Å². The first kappa shape index (κ1) is 18.8. The van der Waals surface area contributed by atoms with Crippen molar-refractivity contribution >= 4 is 58.0 Å². The summed E-state index contributed by atoms with van der Waals surface area (Å²) in [6.45, 7) is 0. The molecule has 0 fully saturated rings. The van der Waals surface area contributed by atoms with Crippen molar-refractivity contribution in [2.45, 2.75) is 0 Å². The number of H-pyrrole nitrogens is 1. The number of aromatic nitrogens is 4. The van der Waals surface area contributed by atoms with Crippen molar-refractivity contribution in [2.75, 3.05) is 0 Å². The maximum absolute atomic E-state index is 15.7. The SMILES string of the molecule is Fn1c2cc3nc(cc4ccc(cc5nc(cc1c(-c1ccccc1)c2Cl)C=C5)[nH]4)C=C3. The summed E-state index contributed by atoms with van der Waals surface area (Å²) >= 11 is 6.75. The number of nitrogens with zero attached hydrogens (tertiary/aromatic N) is 3. The number of hydrogen-bond acceptors (Lipinski definition) is 2. The van der Waals surface area contributed by atoms with Crippen molar-refractivity contribution in [1.29, 1.82) is 0 Å². The van der Waals surface area contributed by atoms with Crippen molar-refractivity contribution in [3.8, 4) is 11.1 Å². The Morgan fingerprint density at radius 3 is 1.81 bits per heavy atom. The van der Waals surface area contributed by atoms with E-state index in [1.54, 1.807) is 12.1 Å². The summed E-state index contributed by atoms with van der Waals surface area (Å²) in [5.74, 6) is 0. The quantitative estimate of drug-likeness (QED) is 0.295. The fourth-order valence-corrected chi connectivity index (χ4v) is 4.32. The number of rotatable bonds is 1. The van der Waals surface area contributed by atoms with E-state index in [9.17, 15) is 0 Å². The Morgan fingerprint density at radius 1 is 0.688 bits per heavy atom. The Morgan fingerprint density at radius 2 is 1.22 bits per heavy atom. The smallest absolute Gasteiger partial charge is 0.0961 e. The summed E-state index contributed by atoms with van der Waals surface area (Å²) in [5, 5.41) is 0.328. The highest BCUT2D eigenvalue weighted by atomic mass is 35.5. The average Bonchev–Trinajstić information content (AvgIpc) is 3.57. The summed E-state index contributed by atoms with van der Waals surface area (Å²) in [7, 11) is 0. The molecule has 0 radical (unpaired) electrons. The Hall–Kier alpha value is -3.96. The fourth-order valence-electron chi connectivity index (χ4n) is 3.99. The molecule has 0 saturated heterocycles. The molecule has 0 amide bonds. The van der Waals surface area contributed by atoms with Gasteiger partial charge in [0.2, 0.25) is 0 Å². The van der Waals surface area contributed by atoms with E-state index < -0.39 is 0 Å². The molecule has 0 atom stereocenters. The molecule has 4 aromatic rings. The third-order valence-electron chi connectivity index (χ3n) is 5.46. The molecule has 1 aromatic carbocycles. The molecule has 6 rings (SSSR count). The summed E-state index contributed by atoms with van der Waals surface area (Å²) in [4.78, 5) is 13.2. The van der Waals surface area contributed by atoms with Gasteiger partial charge in [0.1, 0.15) is 0 Å². The Balaban J connectivity index is 1.76. The standard InChI is InChI=1S/C26H16ClFN4/c27-26-24-15-22-11-9-20(31-22)13-18-7-6-17(29-18)12-19-8-10-21(30-19)14-23(32(24)28)25(26)16-4-2-1-3-5-16/h1-15,29H. The molecule has 5 heterocycles. The highest BCUT2D eigenvalue weighted by Gasteiger charge is 2.17. The molecule has 2 aliphatic rings. The summed E-state index contributed by atoms with van der Waals surface area (Å²) in [5.41, 5.74) is 6.70. The molecule has 2 aliphatic heterocycles. The van der Waals surface area contributed by atoms with E-state index in [4.69, 9.17) is 11.6 Å². The van der Waals surface area contributed by atoms with Crippen LogP contribution in [0.2, 0.25) is 5.02 Å². The van der Waals surface area contributed by atoms with E-state index in [-0.39, 0.29) is 5.52 Å². The van der Waals surface area contributed by atoms with Crippen LogP contribution in [-0.4, -0.2) is 19.7 Å². The second-order valence-electron chi connectivity index (χ2n) is 7.64. The third-order valence-corrected chi connectivity index (χ3v) is 5.84. The van der Waals surface area contributed by atoms with E-state index in [0.717, 1.165) is 28.0 Å². The lowest BCUT2D eigenvalue weighted by Crippen LogP contribution is -1.83. The molecule has 1 N–H and O–H groups in total. The zero-order valence-corrected chi connectivity index (χ0v) is 17.5. The second-order valence-corrected chi connectivity index (χ2v) is 8.02. The molecule has 6 heteroatoms. The number of benzene rings is 1. The molecule has 0 unspecified atom stereocenters. The minimum Gasteiger partial charge on any atom is -0.355 e. The molecule has 3 aromatic heterocycles. The van der Waals surface area contributed by atoms with Crippen LogP contribution in [0.15, 0.2) is 66.7 Å². The second kappa shape index (κ2) is 7.32. The Labute approximate surface area is 187 Å². The van der Waals surface area contributed by atoms with Gasteiger partial charge in [0, 0.05) is 16.6 Å². The lowest BCUT2D eigenvalue weighted by molar-refractivity contribution is 0.404. The maximum Gasteiger partial charge on any atom is 0.0961 e. The number of hydrogen-bond donors (Lipinski definition) is 1. The summed E-state index contributed by atoms with van der Waals surface area (Å²) < 4.78 is 15.7. The van der Waals surface area contributed by atoms with Crippen LogP contribution in [0.25, 0.3) is 57.5 Å². The zero-order valence-electron chi connectivity index (χ0n) is 16.8. The lowest BCUT2D eigenvalue weighted by Gasteiger charge is -1.99. The molecular formula is C26H16ClFN4. The molecule has 0 spiro atoms. The average molecular weight is 439 g/mol. The van der Waals surface area contributed by atoms with Crippen LogP contribution < -0.4 is 0 Å². The van der Waals surface area contributed by atoms with Gasteiger partial charge < -0.3 is 4.98 Å². The molecule has 32 heavy (non-hydrogen) atoms. The van der Waals surface area contributed by atoms with Gasteiger partial charge in [-0.15, -0.1) is 0 Å².